The molecule has 2 fully saturated rings. The van der Waals surface area contributed by atoms with Crippen LogP contribution in [0.25, 0.3) is 0 Å². The first-order valence-electron chi connectivity index (χ1n) is 6.40. The van der Waals surface area contributed by atoms with Gasteiger partial charge in [0.05, 0.1) is 12.0 Å². The highest BCUT2D eigenvalue weighted by molar-refractivity contribution is 5.87. The van der Waals surface area contributed by atoms with Crippen LogP contribution in [0.3, 0.4) is 0 Å². The molecule has 2 N–H and O–H groups in total. The van der Waals surface area contributed by atoms with Crippen molar-refractivity contribution in [3.05, 3.63) is 24.0 Å². The Labute approximate surface area is 110 Å². The summed E-state index contributed by atoms with van der Waals surface area (Å²) in [6.45, 7) is 1.48. The Morgan fingerprint density at radius 2 is 2.37 bits per heavy atom. The minimum atomic E-state index is -1.03. The fourth-order valence-electron chi connectivity index (χ4n) is 2.99. The number of hydrogen-bond acceptors (Lipinski definition) is 4. The van der Waals surface area contributed by atoms with Crippen molar-refractivity contribution < 1.29 is 14.7 Å². The second-order valence-corrected chi connectivity index (χ2v) is 4.96. The number of pyridine rings is 1. The van der Waals surface area contributed by atoms with Crippen molar-refractivity contribution >= 4 is 17.6 Å². The minimum Gasteiger partial charge on any atom is -0.477 e. The van der Waals surface area contributed by atoms with Crippen LogP contribution in [0, 0.1) is 5.92 Å². The van der Waals surface area contributed by atoms with Crippen LogP contribution < -0.4 is 10.2 Å². The summed E-state index contributed by atoms with van der Waals surface area (Å²) >= 11 is 0. The van der Waals surface area contributed by atoms with Crippen LogP contribution in [0.5, 0.6) is 0 Å². The molecule has 100 valence electrons. The van der Waals surface area contributed by atoms with Crippen molar-refractivity contribution in [2.45, 2.75) is 18.9 Å². The van der Waals surface area contributed by atoms with Gasteiger partial charge in [-0.25, -0.2) is 9.78 Å². The molecular weight excluding hydrogens is 246 g/mol. The number of nitrogens with one attached hydrogen (secondary N) is 1. The normalized spacial score (nSPS) is 25.9. The summed E-state index contributed by atoms with van der Waals surface area (Å²) in [6.07, 6.45) is 3.36. The van der Waals surface area contributed by atoms with Crippen LogP contribution in [-0.2, 0) is 4.79 Å². The van der Waals surface area contributed by atoms with Crippen LogP contribution in [0.2, 0.25) is 0 Å². The summed E-state index contributed by atoms with van der Waals surface area (Å²) in [7, 11) is 0. The molecule has 1 aromatic rings. The minimum absolute atomic E-state index is 0.0233. The predicted octanol–water partition coefficient (Wildman–Crippen LogP) is 0.495. The number of aromatic carboxylic acids is 1. The topological polar surface area (TPSA) is 82.5 Å². The smallest absolute Gasteiger partial charge is 0.354 e. The number of carbonyl (C=O) groups excluding carboxylic acids is 1. The molecule has 2 unspecified atom stereocenters. The lowest BCUT2D eigenvalue weighted by Crippen LogP contribution is -2.45. The molecule has 2 aliphatic rings. The Morgan fingerprint density at radius 3 is 3.16 bits per heavy atom. The molecule has 2 aliphatic heterocycles. The van der Waals surface area contributed by atoms with Crippen molar-refractivity contribution in [2.75, 3.05) is 18.0 Å². The zero-order valence-corrected chi connectivity index (χ0v) is 10.4. The number of piperidine rings is 1. The number of amides is 1. The number of nitrogens with zero attached hydrogens (tertiary/aromatic N) is 2. The summed E-state index contributed by atoms with van der Waals surface area (Å²) in [5.41, 5.74) is 0.871. The van der Waals surface area contributed by atoms with E-state index in [1.54, 1.807) is 12.1 Å². The van der Waals surface area contributed by atoms with Crippen molar-refractivity contribution in [2.24, 2.45) is 5.92 Å². The molecule has 0 spiro atoms. The SMILES string of the molecule is O=C(O)c1cc(N2CCCC3C(=O)NCC32)ccn1. The predicted molar refractivity (Wildman–Crippen MR) is 68.1 cm³/mol. The van der Waals surface area contributed by atoms with Gasteiger partial charge in [0, 0.05) is 25.0 Å². The largest absolute Gasteiger partial charge is 0.477 e. The van der Waals surface area contributed by atoms with Crippen LogP contribution in [0.1, 0.15) is 23.3 Å². The molecule has 2 saturated heterocycles. The molecule has 3 heterocycles. The third kappa shape index (κ3) is 2.03. The molecule has 0 saturated carbocycles. The van der Waals surface area contributed by atoms with Gasteiger partial charge in [-0.15, -0.1) is 0 Å². The van der Waals surface area contributed by atoms with E-state index < -0.39 is 5.97 Å². The van der Waals surface area contributed by atoms with Gasteiger partial charge in [-0.2, -0.15) is 0 Å². The summed E-state index contributed by atoms with van der Waals surface area (Å²) in [5.74, 6) is -0.895. The number of carboxylic acid groups (broad SMARTS) is 1. The Hall–Kier alpha value is -2.11. The molecule has 1 aromatic heterocycles. The first kappa shape index (κ1) is 12.0. The molecule has 1 amide bonds. The van der Waals surface area contributed by atoms with E-state index in [1.807, 2.05) is 0 Å². The van der Waals surface area contributed by atoms with E-state index in [0.717, 1.165) is 25.1 Å². The first-order chi connectivity index (χ1) is 9.16. The van der Waals surface area contributed by atoms with Gasteiger partial charge in [-0.3, -0.25) is 4.79 Å². The lowest BCUT2D eigenvalue weighted by Gasteiger charge is -2.37. The fourth-order valence-corrected chi connectivity index (χ4v) is 2.99. The van der Waals surface area contributed by atoms with E-state index in [1.165, 1.54) is 6.20 Å². The molecule has 2 atom stereocenters. The lowest BCUT2D eigenvalue weighted by atomic mass is 9.91. The van der Waals surface area contributed by atoms with Gasteiger partial charge < -0.3 is 15.3 Å². The zero-order valence-electron chi connectivity index (χ0n) is 10.4. The standard InChI is InChI=1S/C13H15N3O3/c17-12-9-2-1-5-16(11(9)7-15-12)8-3-4-14-10(6-8)13(18)19/h3-4,6,9,11H,1-2,5,7H2,(H,15,17)(H,18,19). The molecule has 0 aliphatic carbocycles. The number of anilines is 1. The highest BCUT2D eigenvalue weighted by atomic mass is 16.4. The summed E-state index contributed by atoms with van der Waals surface area (Å²) in [4.78, 5) is 28.6. The van der Waals surface area contributed by atoms with E-state index in [0.29, 0.717) is 6.54 Å². The molecular formula is C13H15N3O3. The zero-order chi connectivity index (χ0) is 13.4. The molecule has 0 radical (unpaired) electrons. The molecule has 0 bridgehead atoms. The van der Waals surface area contributed by atoms with E-state index in [-0.39, 0.29) is 23.6 Å². The van der Waals surface area contributed by atoms with Crippen LogP contribution in [-0.4, -0.2) is 41.1 Å². The van der Waals surface area contributed by atoms with Gasteiger partial charge in [0.1, 0.15) is 5.69 Å². The van der Waals surface area contributed by atoms with Gasteiger partial charge in [-0.1, -0.05) is 0 Å². The van der Waals surface area contributed by atoms with E-state index in [4.69, 9.17) is 5.11 Å². The summed E-state index contributed by atoms with van der Waals surface area (Å²) in [6, 6.07) is 3.51. The Morgan fingerprint density at radius 1 is 1.53 bits per heavy atom. The highest BCUT2D eigenvalue weighted by Gasteiger charge is 2.40. The van der Waals surface area contributed by atoms with Gasteiger partial charge in [-0.05, 0) is 25.0 Å². The third-order valence-corrected chi connectivity index (χ3v) is 3.90. The van der Waals surface area contributed by atoms with Crippen molar-refractivity contribution in [3.63, 3.8) is 0 Å². The molecule has 0 aromatic carbocycles. The van der Waals surface area contributed by atoms with Crippen LogP contribution in [0.4, 0.5) is 5.69 Å². The maximum absolute atomic E-state index is 11.7. The monoisotopic (exact) mass is 261 g/mol. The van der Waals surface area contributed by atoms with Gasteiger partial charge >= 0.3 is 5.97 Å². The van der Waals surface area contributed by atoms with E-state index in [2.05, 4.69) is 15.2 Å². The number of fused-ring (bicyclic) bond motifs is 1. The second-order valence-electron chi connectivity index (χ2n) is 4.96. The highest BCUT2D eigenvalue weighted by Crippen LogP contribution is 2.31. The quantitative estimate of drug-likeness (QED) is 0.809. The van der Waals surface area contributed by atoms with Crippen LogP contribution >= 0.6 is 0 Å². The van der Waals surface area contributed by atoms with Gasteiger partial charge in [0.25, 0.3) is 0 Å². The van der Waals surface area contributed by atoms with E-state index in [9.17, 15) is 9.59 Å². The molecule has 19 heavy (non-hydrogen) atoms. The first-order valence-corrected chi connectivity index (χ1v) is 6.40. The maximum atomic E-state index is 11.7. The lowest BCUT2D eigenvalue weighted by molar-refractivity contribution is -0.123. The maximum Gasteiger partial charge on any atom is 0.354 e. The average Bonchev–Trinajstić information content (AvgIpc) is 2.81. The summed E-state index contributed by atoms with van der Waals surface area (Å²) in [5, 5.41) is 11.9. The molecule has 6 nitrogen and oxygen atoms in total. The molecule has 6 heteroatoms. The van der Waals surface area contributed by atoms with Crippen molar-refractivity contribution in [3.8, 4) is 0 Å². The second kappa shape index (κ2) is 4.53. The average molecular weight is 261 g/mol. The number of carbonyl (C=O) groups is 2. The number of aromatic nitrogens is 1. The Bertz CT molecular complexity index is 532. The molecule has 3 rings (SSSR count). The number of hydrogen-bond donors (Lipinski definition) is 2. The van der Waals surface area contributed by atoms with E-state index >= 15 is 0 Å². The fraction of sp³-hybridized carbons (Fsp3) is 0.462. The Kier molecular flexibility index (Phi) is 2.85. The third-order valence-electron chi connectivity index (χ3n) is 3.90. The van der Waals surface area contributed by atoms with Crippen molar-refractivity contribution in [1.82, 2.24) is 10.3 Å². The summed E-state index contributed by atoms with van der Waals surface area (Å²) < 4.78 is 0. The Balaban J connectivity index is 1.91. The number of carboxylic acids is 1. The van der Waals surface area contributed by atoms with Gasteiger partial charge in [0.15, 0.2) is 0 Å². The van der Waals surface area contributed by atoms with Crippen LogP contribution in [0.15, 0.2) is 18.3 Å². The van der Waals surface area contributed by atoms with Gasteiger partial charge in [0.2, 0.25) is 5.91 Å². The van der Waals surface area contributed by atoms with Crippen molar-refractivity contribution in [1.29, 1.82) is 0 Å². The number of rotatable bonds is 2.